The molecule has 1 fully saturated rings. The first kappa shape index (κ1) is 17.2. The lowest BCUT2D eigenvalue weighted by atomic mass is 9.96. The van der Waals surface area contributed by atoms with Crippen LogP contribution in [0.5, 0.6) is 0 Å². The second kappa shape index (κ2) is 7.94. The summed E-state index contributed by atoms with van der Waals surface area (Å²) in [5.41, 5.74) is 2.50. The predicted octanol–water partition coefficient (Wildman–Crippen LogP) is -0.357. The van der Waals surface area contributed by atoms with Crippen LogP contribution in [0.15, 0.2) is 60.7 Å². The topological polar surface area (TPSA) is 64.9 Å². The molecule has 2 aromatic rings. The van der Waals surface area contributed by atoms with E-state index >= 15 is 0 Å². The van der Waals surface area contributed by atoms with Crippen molar-refractivity contribution < 1.29 is 19.6 Å². The van der Waals surface area contributed by atoms with Crippen LogP contribution in [0.3, 0.4) is 0 Å². The van der Waals surface area contributed by atoms with Crippen LogP contribution in [-0.4, -0.2) is 43.0 Å². The van der Waals surface area contributed by atoms with Crippen LogP contribution < -0.4 is 10.0 Å². The molecule has 1 N–H and O–H groups in total. The summed E-state index contributed by atoms with van der Waals surface area (Å²) in [5.74, 6) is -1.67. The molecular weight excluding hydrogens is 316 g/mol. The molecule has 0 aromatic heterocycles. The summed E-state index contributed by atoms with van der Waals surface area (Å²) >= 11 is 0. The Bertz CT molecular complexity index is 671. The number of hydrogen-bond acceptors (Lipinski definition) is 3. The highest BCUT2D eigenvalue weighted by molar-refractivity contribution is 5.92. The van der Waals surface area contributed by atoms with Gasteiger partial charge < -0.3 is 19.7 Å². The summed E-state index contributed by atoms with van der Waals surface area (Å²) in [6, 6.07) is 21.0. The van der Waals surface area contributed by atoms with E-state index in [1.54, 1.807) is 4.90 Å². The van der Waals surface area contributed by atoms with Gasteiger partial charge in [0.25, 0.3) is 0 Å². The van der Waals surface area contributed by atoms with Gasteiger partial charge >= 0.3 is 0 Å². The molecule has 1 amide bonds. The first-order chi connectivity index (χ1) is 12.1. The third-order valence-corrected chi connectivity index (χ3v) is 4.73. The van der Waals surface area contributed by atoms with Gasteiger partial charge in [-0.15, -0.1) is 0 Å². The standard InChI is InChI=1S/C20H22N2O3/c23-18(15-19(24)25)21-11-13-22(14-12-21)20(16-7-3-1-4-8-16)17-9-5-2-6-10-17/h1-10,20H,11-15H2,(H,24,25). The zero-order valence-corrected chi connectivity index (χ0v) is 14.1. The van der Waals surface area contributed by atoms with E-state index in [1.165, 1.54) is 16.0 Å². The lowest BCUT2D eigenvalue weighted by Crippen LogP contribution is -3.15. The summed E-state index contributed by atoms with van der Waals surface area (Å²) < 4.78 is 0. The number of nitrogens with one attached hydrogen (secondary N) is 1. The van der Waals surface area contributed by atoms with E-state index in [0.717, 1.165) is 13.1 Å². The fraction of sp³-hybridized carbons (Fsp3) is 0.300. The van der Waals surface area contributed by atoms with Crippen LogP contribution in [-0.2, 0) is 9.59 Å². The minimum Gasteiger partial charge on any atom is -0.550 e. The number of hydrogen-bond donors (Lipinski definition) is 1. The summed E-state index contributed by atoms with van der Waals surface area (Å²) in [7, 11) is 0. The molecule has 1 aliphatic rings. The molecule has 0 bridgehead atoms. The average Bonchev–Trinajstić information content (AvgIpc) is 2.64. The lowest BCUT2D eigenvalue weighted by Gasteiger charge is -2.37. The number of benzene rings is 2. The van der Waals surface area contributed by atoms with E-state index in [2.05, 4.69) is 24.3 Å². The summed E-state index contributed by atoms with van der Waals surface area (Å²) in [6.45, 7) is 2.70. The Morgan fingerprint density at radius 3 is 1.84 bits per heavy atom. The Hall–Kier alpha value is -2.66. The number of carboxylic acids is 1. The minimum absolute atomic E-state index is 0.209. The first-order valence-electron chi connectivity index (χ1n) is 8.57. The Morgan fingerprint density at radius 1 is 0.920 bits per heavy atom. The van der Waals surface area contributed by atoms with Crippen molar-refractivity contribution in [3.8, 4) is 0 Å². The van der Waals surface area contributed by atoms with Gasteiger partial charge in [-0.05, 0) is 0 Å². The van der Waals surface area contributed by atoms with Gasteiger partial charge in [0.15, 0.2) is 0 Å². The number of piperazine rings is 1. The summed E-state index contributed by atoms with van der Waals surface area (Å²) in [5, 5.41) is 10.6. The molecule has 0 spiro atoms. The van der Waals surface area contributed by atoms with Gasteiger partial charge in [0.1, 0.15) is 6.04 Å². The molecule has 1 aliphatic heterocycles. The number of amides is 1. The monoisotopic (exact) mass is 338 g/mol. The van der Waals surface area contributed by atoms with E-state index in [4.69, 9.17) is 0 Å². The Balaban J connectivity index is 1.76. The molecule has 1 heterocycles. The number of nitrogens with zero attached hydrogens (tertiary/aromatic N) is 1. The second-order valence-corrected chi connectivity index (χ2v) is 6.34. The van der Waals surface area contributed by atoms with E-state index in [1.807, 2.05) is 36.4 Å². The first-order valence-corrected chi connectivity index (χ1v) is 8.57. The van der Waals surface area contributed by atoms with Crippen molar-refractivity contribution in [2.45, 2.75) is 12.5 Å². The molecule has 0 radical (unpaired) electrons. The third kappa shape index (κ3) is 4.25. The van der Waals surface area contributed by atoms with Crippen molar-refractivity contribution in [2.24, 2.45) is 0 Å². The highest BCUT2D eigenvalue weighted by Gasteiger charge is 2.31. The van der Waals surface area contributed by atoms with Gasteiger partial charge in [0.05, 0.1) is 38.6 Å². The van der Waals surface area contributed by atoms with Crippen LogP contribution in [0.4, 0.5) is 0 Å². The van der Waals surface area contributed by atoms with Crippen LogP contribution in [0.1, 0.15) is 23.6 Å². The molecule has 1 saturated heterocycles. The quantitative estimate of drug-likeness (QED) is 0.758. The molecular formula is C20H22N2O3. The largest absolute Gasteiger partial charge is 0.550 e. The fourth-order valence-corrected chi connectivity index (χ4v) is 3.52. The Labute approximate surface area is 147 Å². The van der Waals surface area contributed by atoms with Gasteiger partial charge in [0.2, 0.25) is 5.91 Å². The maximum absolute atomic E-state index is 11.9. The fourth-order valence-electron chi connectivity index (χ4n) is 3.52. The molecule has 0 saturated carbocycles. The Morgan fingerprint density at radius 2 is 1.40 bits per heavy atom. The SMILES string of the molecule is O=C([O-])CC(=O)N1CC[NH+](C(c2ccccc2)c2ccccc2)CC1. The highest BCUT2D eigenvalue weighted by Crippen LogP contribution is 2.19. The molecule has 130 valence electrons. The van der Waals surface area contributed by atoms with E-state index < -0.39 is 12.4 Å². The van der Waals surface area contributed by atoms with Crippen LogP contribution >= 0.6 is 0 Å². The number of carboxylic acid groups (broad SMARTS) is 1. The number of carbonyl (C=O) groups is 2. The summed E-state index contributed by atoms with van der Waals surface area (Å²) in [4.78, 5) is 25.6. The Kier molecular flexibility index (Phi) is 5.46. The predicted molar refractivity (Wildman–Crippen MR) is 91.6 cm³/mol. The molecule has 0 atom stereocenters. The zero-order chi connectivity index (χ0) is 17.6. The van der Waals surface area contributed by atoms with Crippen molar-refractivity contribution in [1.82, 2.24) is 4.90 Å². The van der Waals surface area contributed by atoms with Gasteiger partial charge in [0, 0.05) is 11.1 Å². The van der Waals surface area contributed by atoms with E-state index in [0.29, 0.717) is 13.1 Å². The smallest absolute Gasteiger partial charge is 0.228 e. The number of aliphatic carboxylic acids is 1. The van der Waals surface area contributed by atoms with Crippen LogP contribution in [0.25, 0.3) is 0 Å². The van der Waals surface area contributed by atoms with E-state index in [-0.39, 0.29) is 11.9 Å². The van der Waals surface area contributed by atoms with Crippen molar-refractivity contribution >= 4 is 11.9 Å². The average molecular weight is 338 g/mol. The summed E-state index contributed by atoms with van der Waals surface area (Å²) in [6.07, 6.45) is -0.532. The van der Waals surface area contributed by atoms with Gasteiger partial charge in [-0.2, -0.15) is 0 Å². The molecule has 0 unspecified atom stereocenters. The molecule has 25 heavy (non-hydrogen) atoms. The maximum atomic E-state index is 11.9. The van der Waals surface area contributed by atoms with Gasteiger partial charge in [-0.1, -0.05) is 60.7 Å². The second-order valence-electron chi connectivity index (χ2n) is 6.34. The number of rotatable bonds is 5. The lowest BCUT2D eigenvalue weighted by molar-refractivity contribution is -0.929. The number of quaternary nitrogens is 1. The van der Waals surface area contributed by atoms with Gasteiger partial charge in [-0.3, -0.25) is 4.79 Å². The molecule has 0 aliphatic carbocycles. The maximum Gasteiger partial charge on any atom is 0.228 e. The third-order valence-electron chi connectivity index (χ3n) is 4.73. The van der Waals surface area contributed by atoms with Crippen LogP contribution in [0, 0.1) is 0 Å². The molecule has 5 nitrogen and oxygen atoms in total. The molecule has 5 heteroatoms. The highest BCUT2D eigenvalue weighted by atomic mass is 16.4. The molecule has 3 rings (SSSR count). The number of carbonyl (C=O) groups excluding carboxylic acids is 2. The normalized spacial score (nSPS) is 15.3. The van der Waals surface area contributed by atoms with Crippen molar-refractivity contribution in [3.05, 3.63) is 71.8 Å². The minimum atomic E-state index is -1.31. The van der Waals surface area contributed by atoms with Crippen molar-refractivity contribution in [1.29, 1.82) is 0 Å². The zero-order valence-electron chi connectivity index (χ0n) is 14.1. The molecule has 2 aromatic carbocycles. The van der Waals surface area contributed by atoms with Crippen molar-refractivity contribution in [3.63, 3.8) is 0 Å². The van der Waals surface area contributed by atoms with Gasteiger partial charge in [-0.25, -0.2) is 0 Å². The van der Waals surface area contributed by atoms with E-state index in [9.17, 15) is 14.7 Å². The van der Waals surface area contributed by atoms with Crippen molar-refractivity contribution in [2.75, 3.05) is 26.2 Å². The van der Waals surface area contributed by atoms with Crippen LogP contribution in [0.2, 0.25) is 0 Å².